The summed E-state index contributed by atoms with van der Waals surface area (Å²) >= 11 is -1.82. The van der Waals surface area contributed by atoms with Gasteiger partial charge in [0.05, 0.1) is 11.4 Å². The van der Waals surface area contributed by atoms with Crippen molar-refractivity contribution >= 4 is 22.9 Å². The van der Waals surface area contributed by atoms with Gasteiger partial charge in [-0.15, -0.1) is 4.31 Å². The second-order valence-corrected chi connectivity index (χ2v) is 9.66. The van der Waals surface area contributed by atoms with Gasteiger partial charge in [0.15, 0.2) is 6.54 Å². The third kappa shape index (κ3) is 5.31. The van der Waals surface area contributed by atoms with E-state index >= 15 is 0 Å². The number of nitrogens with one attached hydrogen (secondary N) is 1. The molecular weight excluding hydrogens is 465 g/mol. The number of benzene rings is 1. The molecule has 1 fully saturated rings. The molecule has 3 heterocycles. The van der Waals surface area contributed by atoms with Gasteiger partial charge in [-0.3, -0.25) is 4.68 Å². The molecular formula is C23H28F3N6OS+. The number of alkyl halides is 3. The molecule has 1 aliphatic rings. The summed E-state index contributed by atoms with van der Waals surface area (Å²) in [6, 6.07) is 10.9. The highest BCUT2D eigenvalue weighted by Crippen LogP contribution is 2.33. The van der Waals surface area contributed by atoms with Crippen LogP contribution < -0.4 is 14.5 Å². The Labute approximate surface area is 199 Å². The minimum Gasteiger partial charge on any atom is -0.354 e. The van der Waals surface area contributed by atoms with Crippen LogP contribution in [-0.2, 0) is 18.4 Å². The molecule has 0 saturated carbocycles. The number of hydrogen-bond acceptors (Lipinski definition) is 6. The van der Waals surface area contributed by atoms with Crippen LogP contribution in [0.25, 0.3) is 11.1 Å². The Hall–Kier alpha value is -2.76. The summed E-state index contributed by atoms with van der Waals surface area (Å²) < 4.78 is 53.8. The van der Waals surface area contributed by atoms with Crippen molar-refractivity contribution in [2.75, 3.05) is 41.9 Å². The van der Waals surface area contributed by atoms with Crippen LogP contribution in [0.3, 0.4) is 0 Å². The smallest absolute Gasteiger partial charge is 0.354 e. The van der Waals surface area contributed by atoms with Crippen molar-refractivity contribution in [2.45, 2.75) is 24.9 Å². The maximum Gasteiger partial charge on any atom is 0.410 e. The second-order valence-electron chi connectivity index (χ2n) is 8.22. The largest absolute Gasteiger partial charge is 0.410 e. The van der Waals surface area contributed by atoms with Crippen LogP contribution in [0.15, 0.2) is 47.5 Å². The van der Waals surface area contributed by atoms with Gasteiger partial charge >= 0.3 is 17.5 Å². The van der Waals surface area contributed by atoms with Gasteiger partial charge < -0.3 is 10.2 Å². The third-order valence-electron chi connectivity index (χ3n) is 5.84. The Bertz CT molecular complexity index is 1130. The average molecular weight is 494 g/mol. The standard InChI is InChI=1S/C23H28F3N6OS/c1-16-22(17(2)30(3)29-16)32(15-23(24,25)26)34(33)20-6-4-18(5-7-20)19-8-9-28-21(14-19)31-12-10-27-11-13-31/h4-9,14,27,33H,10-13,15H2,1-3H3/q+1. The summed E-state index contributed by atoms with van der Waals surface area (Å²) in [5, 5.41) is 7.54. The first-order valence-electron chi connectivity index (χ1n) is 10.9. The zero-order valence-electron chi connectivity index (χ0n) is 19.3. The third-order valence-corrected chi connectivity index (χ3v) is 7.26. The number of halogens is 3. The van der Waals surface area contributed by atoms with Crippen LogP contribution in [0, 0.1) is 13.8 Å². The Morgan fingerprint density at radius 3 is 2.35 bits per heavy atom. The second kappa shape index (κ2) is 9.85. The molecule has 1 saturated heterocycles. The summed E-state index contributed by atoms with van der Waals surface area (Å²) in [6.45, 7) is 5.63. The molecule has 3 aromatic rings. The Morgan fingerprint density at radius 2 is 1.76 bits per heavy atom. The topological polar surface area (TPSA) is 69.5 Å². The number of aromatic nitrogens is 3. The summed E-state index contributed by atoms with van der Waals surface area (Å²) in [5.74, 6) is 0.892. The number of anilines is 2. The first-order valence-corrected chi connectivity index (χ1v) is 12.1. The molecule has 182 valence electrons. The molecule has 0 bridgehead atoms. The summed E-state index contributed by atoms with van der Waals surface area (Å²) in [5.41, 5.74) is 3.14. The molecule has 11 heteroatoms. The quantitative estimate of drug-likeness (QED) is 0.507. The van der Waals surface area contributed by atoms with Crippen molar-refractivity contribution in [3.05, 3.63) is 54.0 Å². The van der Waals surface area contributed by atoms with E-state index in [1.807, 2.05) is 24.3 Å². The van der Waals surface area contributed by atoms with E-state index in [1.165, 1.54) is 4.68 Å². The fraction of sp³-hybridized carbons (Fsp3) is 0.391. The maximum atomic E-state index is 13.4. The zero-order chi connectivity index (χ0) is 24.5. The fourth-order valence-electron chi connectivity index (χ4n) is 4.07. The lowest BCUT2D eigenvalue weighted by atomic mass is 10.1. The number of nitrogens with zero attached hydrogens (tertiary/aromatic N) is 5. The molecule has 0 spiro atoms. The van der Waals surface area contributed by atoms with E-state index < -0.39 is 24.1 Å². The predicted molar refractivity (Wildman–Crippen MR) is 129 cm³/mol. The number of rotatable bonds is 6. The van der Waals surface area contributed by atoms with Crippen molar-refractivity contribution < 1.29 is 17.7 Å². The van der Waals surface area contributed by atoms with Crippen LogP contribution >= 0.6 is 0 Å². The Morgan fingerprint density at radius 1 is 1.09 bits per heavy atom. The van der Waals surface area contributed by atoms with Gasteiger partial charge in [-0.05, 0) is 61.4 Å². The lowest BCUT2D eigenvalue weighted by Crippen LogP contribution is -2.43. The zero-order valence-corrected chi connectivity index (χ0v) is 20.1. The lowest BCUT2D eigenvalue weighted by Gasteiger charge is -2.28. The van der Waals surface area contributed by atoms with Crippen molar-refractivity contribution in [1.82, 2.24) is 20.1 Å². The van der Waals surface area contributed by atoms with E-state index in [0.29, 0.717) is 22.0 Å². The molecule has 4 rings (SSSR count). The average Bonchev–Trinajstić information content (AvgIpc) is 3.08. The highest BCUT2D eigenvalue weighted by molar-refractivity contribution is 7.93. The van der Waals surface area contributed by atoms with Crippen molar-refractivity contribution in [2.24, 2.45) is 7.05 Å². The number of aryl methyl sites for hydroxylation is 2. The summed E-state index contributed by atoms with van der Waals surface area (Å²) in [6.07, 6.45) is -2.73. The van der Waals surface area contributed by atoms with Crippen molar-refractivity contribution in [3.63, 3.8) is 0 Å². The molecule has 1 aromatic carbocycles. The monoisotopic (exact) mass is 493 g/mol. The minimum atomic E-state index is -4.49. The summed E-state index contributed by atoms with van der Waals surface area (Å²) in [4.78, 5) is 7.09. The predicted octanol–water partition coefficient (Wildman–Crippen LogP) is 3.94. The van der Waals surface area contributed by atoms with Gasteiger partial charge in [0.1, 0.15) is 11.5 Å². The van der Waals surface area contributed by atoms with Crippen LogP contribution in [-0.4, -0.2) is 58.2 Å². The molecule has 7 nitrogen and oxygen atoms in total. The molecule has 1 aliphatic heterocycles. The van der Waals surface area contributed by atoms with Crippen molar-refractivity contribution in [3.8, 4) is 11.1 Å². The van der Waals surface area contributed by atoms with Crippen LogP contribution in [0.4, 0.5) is 24.7 Å². The summed E-state index contributed by atoms with van der Waals surface area (Å²) in [7, 11) is 1.67. The Balaban J connectivity index is 1.60. The van der Waals surface area contributed by atoms with E-state index in [4.69, 9.17) is 0 Å². The van der Waals surface area contributed by atoms with Gasteiger partial charge in [0, 0.05) is 39.4 Å². The minimum absolute atomic E-state index is 0.296. The van der Waals surface area contributed by atoms with Gasteiger partial charge in [0.25, 0.3) is 0 Å². The number of pyridine rings is 1. The molecule has 2 N–H and O–H groups in total. The normalized spacial score (nSPS) is 15.4. The SMILES string of the molecule is Cc1nn(C)c(C)c1N(CC(F)(F)F)[S+](O)c1ccc(-c2ccnc(N3CCNCC3)c2)cc1. The fourth-order valence-corrected chi connectivity index (χ4v) is 5.41. The lowest BCUT2D eigenvalue weighted by molar-refractivity contribution is -0.117. The number of hydrogen-bond donors (Lipinski definition) is 2. The van der Waals surface area contributed by atoms with E-state index in [-0.39, 0.29) is 0 Å². The Kier molecular flexibility index (Phi) is 7.06. The van der Waals surface area contributed by atoms with Gasteiger partial charge in [-0.1, -0.05) is 0 Å². The molecule has 0 aliphatic carbocycles. The van der Waals surface area contributed by atoms with Gasteiger partial charge in [-0.25, -0.2) is 4.98 Å². The van der Waals surface area contributed by atoms with Gasteiger partial charge in [-0.2, -0.15) is 22.8 Å². The molecule has 1 atom stereocenters. The van der Waals surface area contributed by atoms with Gasteiger partial charge in [0.2, 0.25) is 4.90 Å². The molecule has 2 aromatic heterocycles. The molecule has 1 unspecified atom stereocenters. The molecule has 34 heavy (non-hydrogen) atoms. The number of piperazine rings is 1. The highest BCUT2D eigenvalue weighted by atomic mass is 32.2. The van der Waals surface area contributed by atoms with E-state index in [0.717, 1.165) is 47.4 Å². The maximum absolute atomic E-state index is 13.4. The van der Waals surface area contributed by atoms with Crippen LogP contribution in [0.1, 0.15) is 11.4 Å². The first kappa shape index (κ1) is 24.4. The van der Waals surface area contributed by atoms with Crippen LogP contribution in [0.5, 0.6) is 0 Å². The van der Waals surface area contributed by atoms with Crippen molar-refractivity contribution in [1.29, 1.82) is 0 Å². The highest BCUT2D eigenvalue weighted by Gasteiger charge is 2.43. The van der Waals surface area contributed by atoms with Crippen LogP contribution in [0.2, 0.25) is 0 Å². The van der Waals surface area contributed by atoms with E-state index in [1.54, 1.807) is 39.2 Å². The van der Waals surface area contributed by atoms with E-state index in [2.05, 4.69) is 20.3 Å². The van der Waals surface area contributed by atoms with E-state index in [9.17, 15) is 17.7 Å². The first-order chi connectivity index (χ1) is 16.1. The molecule has 0 radical (unpaired) electrons. The molecule has 0 amide bonds.